The van der Waals surface area contributed by atoms with Crippen LogP contribution in [0.25, 0.3) is 0 Å². The third-order valence-corrected chi connectivity index (χ3v) is 6.33. The van der Waals surface area contributed by atoms with Crippen molar-refractivity contribution in [2.24, 2.45) is 0 Å². The maximum absolute atomic E-state index is 12.7. The first kappa shape index (κ1) is 20.1. The summed E-state index contributed by atoms with van der Waals surface area (Å²) in [5.41, 5.74) is 0.434. The van der Waals surface area contributed by atoms with Crippen molar-refractivity contribution in [1.82, 2.24) is 20.2 Å². The first-order valence-electron chi connectivity index (χ1n) is 9.08. The number of sulfone groups is 1. The smallest absolute Gasteiger partial charge is 0.242 e. The number of carbonyl (C=O) groups excluding carboxylic acids is 1. The summed E-state index contributed by atoms with van der Waals surface area (Å²) < 4.78 is 37.7. The Morgan fingerprint density at radius 2 is 2.04 bits per heavy atom. The molecule has 152 valence electrons. The fourth-order valence-corrected chi connectivity index (χ4v) is 3.84. The van der Waals surface area contributed by atoms with Gasteiger partial charge in [0.05, 0.1) is 0 Å². The Morgan fingerprint density at radius 3 is 2.79 bits per heavy atom. The van der Waals surface area contributed by atoms with Gasteiger partial charge in [-0.3, -0.25) is 4.79 Å². The largest absolute Gasteiger partial charge is 0.486 e. The van der Waals surface area contributed by atoms with E-state index >= 15 is 0 Å². The van der Waals surface area contributed by atoms with Crippen molar-refractivity contribution in [3.8, 4) is 11.5 Å². The first-order valence-corrected chi connectivity index (χ1v) is 10.8. The highest BCUT2D eigenvalue weighted by Crippen LogP contribution is 2.32. The summed E-state index contributed by atoms with van der Waals surface area (Å²) in [5, 5.41) is 12.5. The quantitative estimate of drug-likeness (QED) is 0.689. The molecule has 1 aliphatic heterocycles. The molecule has 1 aliphatic rings. The summed E-state index contributed by atoms with van der Waals surface area (Å²) in [4.78, 5) is 12.5. The summed E-state index contributed by atoms with van der Waals surface area (Å²) in [6.07, 6.45) is 1.76. The van der Waals surface area contributed by atoms with Gasteiger partial charge in [0.25, 0.3) is 0 Å². The lowest BCUT2D eigenvalue weighted by Crippen LogP contribution is -2.34. The molecule has 0 bridgehead atoms. The van der Waals surface area contributed by atoms with Crippen LogP contribution in [0, 0.1) is 0 Å². The summed E-state index contributed by atoms with van der Waals surface area (Å²) >= 11 is 0. The van der Waals surface area contributed by atoms with Crippen LogP contribution in [0.1, 0.15) is 32.5 Å². The lowest BCUT2D eigenvalue weighted by Gasteiger charge is -2.19. The second-order valence-electron chi connectivity index (χ2n) is 6.47. The Labute approximate surface area is 163 Å². The van der Waals surface area contributed by atoms with Crippen LogP contribution in [-0.4, -0.2) is 53.0 Å². The normalized spacial score (nSPS) is 14.5. The summed E-state index contributed by atoms with van der Waals surface area (Å²) in [5.74, 6) is 0.287. The lowest BCUT2D eigenvalue weighted by atomic mass is 10.2. The molecule has 1 atom stereocenters. The number of rotatable bonds is 8. The molecule has 2 heterocycles. The number of hydrogen-bond acceptors (Lipinski definition) is 8. The molecule has 0 saturated carbocycles. The van der Waals surface area contributed by atoms with E-state index in [1.54, 1.807) is 18.2 Å². The number of benzene rings is 1. The molecule has 0 saturated heterocycles. The molecule has 1 aromatic carbocycles. The molecule has 11 heteroatoms. The van der Waals surface area contributed by atoms with Gasteiger partial charge < -0.3 is 14.8 Å². The molecule has 0 aliphatic carbocycles. The fraction of sp³-hybridized carbons (Fsp3) is 0.529. The van der Waals surface area contributed by atoms with Crippen LogP contribution >= 0.6 is 0 Å². The minimum Gasteiger partial charge on any atom is -0.486 e. The molecular weight excluding hydrogens is 386 g/mol. The lowest BCUT2D eigenvalue weighted by molar-refractivity contribution is -0.115. The molecule has 0 fully saturated rings. The van der Waals surface area contributed by atoms with Gasteiger partial charge in [0, 0.05) is 18.3 Å². The number of hydrogen-bond donors (Lipinski definition) is 1. The van der Waals surface area contributed by atoms with E-state index in [2.05, 4.69) is 20.8 Å². The van der Waals surface area contributed by atoms with Crippen LogP contribution in [0.3, 0.4) is 0 Å². The Bertz CT molecular complexity index is 943. The molecule has 1 N–H and O–H groups in total. The zero-order chi connectivity index (χ0) is 20.1. The minimum absolute atomic E-state index is 0.229. The van der Waals surface area contributed by atoms with Crippen molar-refractivity contribution in [1.29, 1.82) is 0 Å². The maximum atomic E-state index is 12.7. The molecule has 3 rings (SSSR count). The Morgan fingerprint density at radius 1 is 1.29 bits per heavy atom. The van der Waals surface area contributed by atoms with Crippen LogP contribution in [0.4, 0.5) is 5.69 Å². The van der Waals surface area contributed by atoms with E-state index < -0.39 is 26.7 Å². The zero-order valence-electron chi connectivity index (χ0n) is 15.8. The van der Waals surface area contributed by atoms with Crippen molar-refractivity contribution in [3.63, 3.8) is 0 Å². The molecule has 1 aromatic heterocycles. The van der Waals surface area contributed by atoms with Gasteiger partial charge >= 0.3 is 0 Å². The van der Waals surface area contributed by atoms with Crippen LogP contribution in [0.2, 0.25) is 0 Å². The van der Waals surface area contributed by atoms with Crippen LogP contribution in [0.15, 0.2) is 18.2 Å². The first-order chi connectivity index (χ1) is 13.4. The molecule has 1 amide bonds. The number of unbranched alkanes of at least 4 members (excludes halogenated alkanes) is 1. The number of aromatic nitrogens is 4. The molecule has 28 heavy (non-hydrogen) atoms. The van der Waals surface area contributed by atoms with E-state index in [1.165, 1.54) is 11.6 Å². The predicted octanol–water partition coefficient (Wildman–Crippen LogP) is 1.19. The van der Waals surface area contributed by atoms with Gasteiger partial charge in [-0.25, -0.2) is 13.1 Å². The number of anilines is 1. The van der Waals surface area contributed by atoms with Crippen molar-refractivity contribution in [2.75, 3.05) is 18.5 Å². The molecule has 0 radical (unpaired) electrons. The summed E-state index contributed by atoms with van der Waals surface area (Å²) in [6, 6.07) is 4.91. The highest BCUT2D eigenvalue weighted by molar-refractivity contribution is 7.92. The standard InChI is InChI=1S/C17H23N5O5S/c1-3-4-7-22-16(19-20-21-22)11-28(24,25)12(2)17(23)18-13-5-6-14-15(10-13)27-9-8-26-14/h5-6,10,12H,3-4,7-9,11H2,1-2H3,(H,18,23). The van der Waals surface area contributed by atoms with Crippen molar-refractivity contribution >= 4 is 21.4 Å². The molecular formula is C17H23N5O5S. The van der Waals surface area contributed by atoms with Gasteiger partial charge in [0.2, 0.25) is 5.91 Å². The number of nitrogens with zero attached hydrogens (tertiary/aromatic N) is 4. The van der Waals surface area contributed by atoms with E-state index in [0.717, 1.165) is 12.8 Å². The van der Waals surface area contributed by atoms with Crippen molar-refractivity contribution < 1.29 is 22.7 Å². The average molecular weight is 409 g/mol. The Hall–Kier alpha value is -2.69. The van der Waals surface area contributed by atoms with Gasteiger partial charge in [-0.1, -0.05) is 13.3 Å². The number of tetrazole rings is 1. The van der Waals surface area contributed by atoms with Gasteiger partial charge in [-0.05, 0) is 35.9 Å². The van der Waals surface area contributed by atoms with E-state index in [0.29, 0.717) is 36.9 Å². The van der Waals surface area contributed by atoms with Gasteiger partial charge in [-0.15, -0.1) is 5.10 Å². The number of carbonyl (C=O) groups is 1. The van der Waals surface area contributed by atoms with Gasteiger partial charge in [0.15, 0.2) is 27.2 Å². The molecule has 1 unspecified atom stereocenters. The summed E-state index contributed by atoms with van der Waals surface area (Å²) in [6.45, 7) is 4.79. The molecule has 10 nitrogen and oxygen atoms in total. The monoisotopic (exact) mass is 409 g/mol. The van der Waals surface area contributed by atoms with Crippen molar-refractivity contribution in [3.05, 3.63) is 24.0 Å². The fourth-order valence-electron chi connectivity index (χ4n) is 2.64. The number of nitrogens with one attached hydrogen (secondary N) is 1. The SMILES string of the molecule is CCCCn1nnnc1CS(=O)(=O)C(C)C(=O)Nc1ccc2c(c1)OCCO2. The Kier molecular flexibility index (Phi) is 6.12. The minimum atomic E-state index is -3.80. The van der Waals surface area contributed by atoms with Gasteiger partial charge in [-0.2, -0.15) is 0 Å². The molecule has 0 spiro atoms. The zero-order valence-corrected chi connectivity index (χ0v) is 16.6. The third-order valence-electron chi connectivity index (χ3n) is 4.38. The number of amides is 1. The van der Waals surface area contributed by atoms with E-state index in [4.69, 9.17) is 9.47 Å². The second kappa shape index (κ2) is 8.55. The maximum Gasteiger partial charge on any atom is 0.242 e. The topological polar surface area (TPSA) is 125 Å². The Balaban J connectivity index is 1.67. The van der Waals surface area contributed by atoms with Crippen LogP contribution in [0.5, 0.6) is 11.5 Å². The highest BCUT2D eigenvalue weighted by Gasteiger charge is 2.30. The number of ether oxygens (including phenoxy) is 2. The van der Waals surface area contributed by atoms with Crippen molar-refractivity contribution in [2.45, 2.75) is 44.2 Å². The average Bonchev–Trinajstić information content (AvgIpc) is 3.11. The van der Waals surface area contributed by atoms with Gasteiger partial charge in [0.1, 0.15) is 24.2 Å². The number of fused-ring (bicyclic) bond motifs is 1. The highest BCUT2D eigenvalue weighted by atomic mass is 32.2. The van der Waals surface area contributed by atoms with E-state index in [-0.39, 0.29) is 5.82 Å². The predicted molar refractivity (Wildman–Crippen MR) is 101 cm³/mol. The van der Waals surface area contributed by atoms with Crippen LogP contribution in [-0.2, 0) is 26.9 Å². The number of aryl methyl sites for hydroxylation is 1. The van der Waals surface area contributed by atoms with E-state index in [1.807, 2.05) is 6.92 Å². The third kappa shape index (κ3) is 4.58. The second-order valence-corrected chi connectivity index (χ2v) is 8.79. The van der Waals surface area contributed by atoms with E-state index in [9.17, 15) is 13.2 Å². The summed E-state index contributed by atoms with van der Waals surface area (Å²) in [7, 11) is -3.80. The molecule has 2 aromatic rings. The van der Waals surface area contributed by atoms with Crippen LogP contribution < -0.4 is 14.8 Å².